The predicted molar refractivity (Wildman–Crippen MR) is 127 cm³/mol. The lowest BCUT2D eigenvalue weighted by Crippen LogP contribution is -2.43. The fraction of sp³-hybridized carbons (Fsp3) is 0.550. The van der Waals surface area contributed by atoms with Crippen molar-refractivity contribution < 1.29 is 4.74 Å². The van der Waals surface area contributed by atoms with Gasteiger partial charge in [0.1, 0.15) is 12.2 Å². The molecule has 0 saturated carbocycles. The van der Waals surface area contributed by atoms with Crippen LogP contribution in [-0.2, 0) is 24.2 Å². The minimum Gasteiger partial charge on any atom is -0.376 e. The van der Waals surface area contributed by atoms with Crippen molar-refractivity contribution >= 4 is 41.5 Å². The van der Waals surface area contributed by atoms with E-state index in [4.69, 9.17) is 21.3 Å². The third kappa shape index (κ3) is 7.75. The van der Waals surface area contributed by atoms with Crippen LogP contribution < -0.4 is 10.6 Å². The second-order valence-corrected chi connectivity index (χ2v) is 7.25. The standard InChI is InChI=1S/C20H29ClN6O.HI/c1-2-19-26-25-15-27(19)11-10-22-20(24-14-17-8-5-6-12-28-17)23-13-16-7-3-4-9-18(16)21;/h3-4,7,9,15,17H,2,5-6,8,10-14H2,1H3,(H2,22,23,24);1H. The van der Waals surface area contributed by atoms with Gasteiger partial charge in [-0.3, -0.25) is 0 Å². The van der Waals surface area contributed by atoms with Crippen molar-refractivity contribution in [1.29, 1.82) is 0 Å². The first kappa shape index (κ1) is 23.9. The highest BCUT2D eigenvalue weighted by atomic mass is 127. The van der Waals surface area contributed by atoms with Crippen LogP contribution in [0.1, 0.15) is 37.6 Å². The fourth-order valence-electron chi connectivity index (χ4n) is 3.18. The molecule has 0 aliphatic carbocycles. The number of nitrogens with one attached hydrogen (secondary N) is 2. The molecule has 160 valence electrons. The molecule has 9 heteroatoms. The Morgan fingerprint density at radius 3 is 2.93 bits per heavy atom. The van der Waals surface area contributed by atoms with Gasteiger partial charge in [-0.25, -0.2) is 4.99 Å². The molecule has 1 fully saturated rings. The average molecular weight is 533 g/mol. The van der Waals surface area contributed by atoms with Crippen LogP contribution in [0.2, 0.25) is 5.02 Å². The Morgan fingerprint density at radius 1 is 1.31 bits per heavy atom. The number of rotatable bonds is 8. The van der Waals surface area contributed by atoms with Gasteiger partial charge in [-0.05, 0) is 30.9 Å². The minimum atomic E-state index is 0. The zero-order valence-corrected chi connectivity index (χ0v) is 19.9. The zero-order valence-electron chi connectivity index (χ0n) is 16.8. The summed E-state index contributed by atoms with van der Waals surface area (Å²) < 4.78 is 7.88. The Morgan fingerprint density at radius 2 is 2.17 bits per heavy atom. The van der Waals surface area contributed by atoms with Crippen LogP contribution >= 0.6 is 35.6 Å². The normalized spacial score (nSPS) is 16.9. The van der Waals surface area contributed by atoms with E-state index in [0.717, 1.165) is 67.9 Å². The number of aryl methyl sites for hydroxylation is 1. The van der Waals surface area contributed by atoms with Crippen LogP contribution in [0.25, 0.3) is 0 Å². The SMILES string of the molecule is CCc1nncn1CCNC(=NCc1ccccc1Cl)NCC1CCCCO1.I. The number of hydrogen-bond acceptors (Lipinski definition) is 4. The quantitative estimate of drug-likeness (QED) is 0.310. The molecule has 1 atom stereocenters. The molecule has 3 rings (SSSR count). The summed E-state index contributed by atoms with van der Waals surface area (Å²) in [6.07, 6.45) is 6.34. The van der Waals surface area contributed by atoms with E-state index in [9.17, 15) is 0 Å². The molecule has 0 spiro atoms. The summed E-state index contributed by atoms with van der Waals surface area (Å²) in [7, 11) is 0. The van der Waals surface area contributed by atoms with Crippen LogP contribution in [0.5, 0.6) is 0 Å². The number of benzene rings is 1. The molecule has 1 aliphatic heterocycles. The minimum absolute atomic E-state index is 0. The molecule has 1 aromatic heterocycles. The van der Waals surface area contributed by atoms with Gasteiger partial charge in [-0.15, -0.1) is 34.2 Å². The summed E-state index contributed by atoms with van der Waals surface area (Å²) in [5, 5.41) is 15.7. The summed E-state index contributed by atoms with van der Waals surface area (Å²) in [4.78, 5) is 4.71. The second-order valence-electron chi connectivity index (χ2n) is 6.85. The second kappa shape index (κ2) is 13.0. The molecule has 1 aromatic carbocycles. The topological polar surface area (TPSA) is 76.4 Å². The van der Waals surface area contributed by atoms with Gasteiger partial charge < -0.3 is 19.9 Å². The van der Waals surface area contributed by atoms with Crippen LogP contribution in [0.4, 0.5) is 0 Å². The van der Waals surface area contributed by atoms with Gasteiger partial charge in [0.25, 0.3) is 0 Å². The van der Waals surface area contributed by atoms with Crippen LogP contribution in [0.3, 0.4) is 0 Å². The van der Waals surface area contributed by atoms with Crippen molar-refractivity contribution in [3.05, 3.63) is 47.0 Å². The van der Waals surface area contributed by atoms with Gasteiger partial charge in [0, 0.05) is 37.7 Å². The first-order valence-electron chi connectivity index (χ1n) is 10.00. The number of guanidine groups is 1. The summed E-state index contributed by atoms with van der Waals surface area (Å²) in [6, 6.07) is 7.79. The maximum Gasteiger partial charge on any atom is 0.191 e. The Hall–Kier alpha value is -1.39. The van der Waals surface area contributed by atoms with E-state index in [1.165, 1.54) is 6.42 Å². The molecule has 1 aliphatic rings. The first-order chi connectivity index (χ1) is 13.8. The van der Waals surface area contributed by atoms with Crippen LogP contribution in [0.15, 0.2) is 35.6 Å². The average Bonchev–Trinajstić information content (AvgIpc) is 3.19. The number of nitrogens with zero attached hydrogens (tertiary/aromatic N) is 4. The van der Waals surface area contributed by atoms with Crippen LogP contribution in [-0.4, -0.2) is 46.5 Å². The Kier molecular flexibility index (Phi) is 10.7. The van der Waals surface area contributed by atoms with Gasteiger partial charge in [-0.2, -0.15) is 0 Å². The van der Waals surface area contributed by atoms with E-state index in [1.807, 2.05) is 24.3 Å². The number of hydrogen-bond donors (Lipinski definition) is 2. The largest absolute Gasteiger partial charge is 0.376 e. The maximum atomic E-state index is 6.26. The molecular weight excluding hydrogens is 503 g/mol. The molecule has 2 heterocycles. The summed E-state index contributed by atoms with van der Waals surface area (Å²) in [5.74, 6) is 1.75. The molecule has 2 N–H and O–H groups in total. The molecule has 1 unspecified atom stereocenters. The number of aromatic nitrogens is 3. The van der Waals surface area contributed by atoms with E-state index in [1.54, 1.807) is 6.33 Å². The zero-order chi connectivity index (χ0) is 19.6. The molecular formula is C20H30ClIN6O. The highest BCUT2D eigenvalue weighted by Crippen LogP contribution is 2.15. The van der Waals surface area contributed by atoms with Gasteiger partial charge in [0.15, 0.2) is 5.96 Å². The molecule has 0 amide bonds. The van der Waals surface area contributed by atoms with E-state index in [0.29, 0.717) is 6.54 Å². The van der Waals surface area contributed by atoms with Crippen LogP contribution in [0, 0.1) is 0 Å². The van der Waals surface area contributed by atoms with Crippen molar-refractivity contribution in [3.63, 3.8) is 0 Å². The van der Waals surface area contributed by atoms with Crippen molar-refractivity contribution in [2.45, 2.75) is 51.8 Å². The van der Waals surface area contributed by atoms with E-state index in [-0.39, 0.29) is 30.1 Å². The van der Waals surface area contributed by atoms with E-state index < -0.39 is 0 Å². The Balaban J connectivity index is 0.00000300. The third-order valence-electron chi connectivity index (χ3n) is 4.79. The lowest BCUT2D eigenvalue weighted by atomic mass is 10.1. The molecule has 1 saturated heterocycles. The van der Waals surface area contributed by atoms with Crippen molar-refractivity contribution in [2.75, 3.05) is 19.7 Å². The number of aliphatic imine (C=N–C) groups is 1. The Labute approximate surface area is 194 Å². The van der Waals surface area contributed by atoms with E-state index >= 15 is 0 Å². The summed E-state index contributed by atoms with van der Waals surface area (Å²) in [5.41, 5.74) is 1.01. The highest BCUT2D eigenvalue weighted by molar-refractivity contribution is 14.0. The van der Waals surface area contributed by atoms with Crippen molar-refractivity contribution in [1.82, 2.24) is 25.4 Å². The first-order valence-corrected chi connectivity index (χ1v) is 10.4. The highest BCUT2D eigenvalue weighted by Gasteiger charge is 2.14. The van der Waals surface area contributed by atoms with Crippen molar-refractivity contribution in [3.8, 4) is 0 Å². The smallest absolute Gasteiger partial charge is 0.191 e. The lowest BCUT2D eigenvalue weighted by Gasteiger charge is -2.24. The van der Waals surface area contributed by atoms with Gasteiger partial charge in [-0.1, -0.05) is 36.7 Å². The number of halogens is 2. The summed E-state index contributed by atoms with van der Waals surface area (Å²) in [6.45, 7) is 5.71. The van der Waals surface area contributed by atoms with Gasteiger partial charge in [0.2, 0.25) is 0 Å². The molecule has 2 aromatic rings. The maximum absolute atomic E-state index is 6.26. The summed E-state index contributed by atoms with van der Waals surface area (Å²) >= 11 is 6.26. The molecule has 0 bridgehead atoms. The Bertz CT molecular complexity index is 763. The van der Waals surface area contributed by atoms with Gasteiger partial charge in [0.05, 0.1) is 12.6 Å². The third-order valence-corrected chi connectivity index (χ3v) is 5.16. The molecule has 29 heavy (non-hydrogen) atoms. The monoisotopic (exact) mass is 532 g/mol. The fourth-order valence-corrected chi connectivity index (χ4v) is 3.37. The predicted octanol–water partition coefficient (Wildman–Crippen LogP) is 3.42. The molecule has 0 radical (unpaired) electrons. The molecule has 7 nitrogen and oxygen atoms in total. The lowest BCUT2D eigenvalue weighted by molar-refractivity contribution is 0.0194. The van der Waals surface area contributed by atoms with Gasteiger partial charge >= 0.3 is 0 Å². The number of ether oxygens (including phenoxy) is 1. The van der Waals surface area contributed by atoms with Crippen molar-refractivity contribution in [2.24, 2.45) is 4.99 Å². The van der Waals surface area contributed by atoms with E-state index in [2.05, 4.69) is 32.3 Å².